The molecule has 0 amide bonds. The average Bonchev–Trinajstić information content (AvgIpc) is 3.03. The van der Waals surface area contributed by atoms with Crippen LogP contribution in [0, 0.1) is 3.57 Å². The Morgan fingerprint density at radius 2 is 1.88 bits per heavy atom. The van der Waals surface area contributed by atoms with Crippen LogP contribution in [0.4, 0.5) is 5.69 Å². The predicted octanol–water partition coefficient (Wildman–Crippen LogP) is 6.04. The van der Waals surface area contributed by atoms with Crippen molar-refractivity contribution in [3.63, 3.8) is 0 Å². The third-order valence-electron chi connectivity index (χ3n) is 5.20. The number of rotatable bonds is 6. The number of para-hydroxylation sites is 1. The Bertz CT molecular complexity index is 1320. The van der Waals surface area contributed by atoms with Crippen molar-refractivity contribution < 1.29 is 14.6 Å². The van der Waals surface area contributed by atoms with Gasteiger partial charge in [-0.25, -0.2) is 0 Å². The molecule has 34 heavy (non-hydrogen) atoms. The summed E-state index contributed by atoms with van der Waals surface area (Å²) in [7, 11) is 0. The van der Waals surface area contributed by atoms with E-state index in [0.29, 0.717) is 32.7 Å². The van der Waals surface area contributed by atoms with E-state index in [9.17, 15) is 5.11 Å². The fourth-order valence-corrected chi connectivity index (χ4v) is 4.95. The number of fused-ring (bicyclic) bond motifs is 3. The number of nitrogens with zero attached hydrogens (tertiary/aromatic N) is 3. The summed E-state index contributed by atoms with van der Waals surface area (Å²) < 4.78 is 12.7. The zero-order chi connectivity index (χ0) is 23.5. The third-order valence-corrected chi connectivity index (χ3v) is 6.93. The maximum atomic E-state index is 10.4. The molecule has 1 aliphatic rings. The van der Waals surface area contributed by atoms with Gasteiger partial charge in [-0.1, -0.05) is 60.3 Å². The quantitative estimate of drug-likeness (QED) is 0.210. The molecule has 1 atom stereocenters. The highest BCUT2D eigenvalue weighted by atomic mass is 127. The Morgan fingerprint density at radius 3 is 2.71 bits per heavy atom. The molecule has 0 fully saturated rings. The van der Waals surface area contributed by atoms with Crippen molar-refractivity contribution in [1.82, 2.24) is 15.2 Å². The molecule has 1 aliphatic heterocycles. The fraction of sp³-hybridized carbons (Fsp3) is 0.160. The van der Waals surface area contributed by atoms with Crippen LogP contribution in [-0.2, 0) is 5.75 Å². The number of nitrogens with one attached hydrogen (secondary N) is 1. The maximum absolute atomic E-state index is 10.4. The van der Waals surface area contributed by atoms with Gasteiger partial charge in [-0.15, -0.1) is 10.2 Å². The number of phenolic OH excluding ortho intramolecular Hbond substituents is 1. The standard InChI is InChI=1S/C25H21IN4O3S/c1-2-32-20-13-16(12-18(26)22(20)31)23-27-19-11-7-6-10-17(19)21-24(33-23)28-25(30-29-21)34-14-15-8-4-3-5-9-15/h3-13,23,27,31H,2,14H2,1H3/t23-/m0/s1. The van der Waals surface area contributed by atoms with E-state index in [-0.39, 0.29) is 5.75 Å². The van der Waals surface area contributed by atoms with Gasteiger partial charge in [0.05, 0.1) is 10.2 Å². The zero-order valence-electron chi connectivity index (χ0n) is 18.2. The van der Waals surface area contributed by atoms with Crippen molar-refractivity contribution in [1.29, 1.82) is 0 Å². The van der Waals surface area contributed by atoms with Gasteiger partial charge in [-0.3, -0.25) is 0 Å². The number of aromatic hydroxyl groups is 1. The van der Waals surface area contributed by atoms with Crippen molar-refractivity contribution in [3.8, 4) is 28.6 Å². The lowest BCUT2D eigenvalue weighted by atomic mass is 10.1. The van der Waals surface area contributed by atoms with E-state index in [1.165, 1.54) is 17.3 Å². The van der Waals surface area contributed by atoms with Crippen molar-refractivity contribution in [2.75, 3.05) is 11.9 Å². The van der Waals surface area contributed by atoms with Crippen molar-refractivity contribution in [3.05, 3.63) is 81.4 Å². The monoisotopic (exact) mass is 584 g/mol. The fourth-order valence-electron chi connectivity index (χ4n) is 3.59. The number of benzene rings is 3. The molecule has 3 aromatic carbocycles. The molecule has 0 radical (unpaired) electrons. The second-order valence-corrected chi connectivity index (χ2v) is 9.60. The Hall–Kier alpha value is -3.05. The normalized spacial score (nSPS) is 14.2. The Morgan fingerprint density at radius 1 is 1.09 bits per heavy atom. The molecular weight excluding hydrogens is 563 g/mol. The first kappa shape index (κ1) is 22.7. The van der Waals surface area contributed by atoms with Gasteiger partial charge in [0.2, 0.25) is 11.0 Å². The highest BCUT2D eigenvalue weighted by Gasteiger charge is 2.27. The highest BCUT2D eigenvalue weighted by molar-refractivity contribution is 14.1. The number of aromatic nitrogens is 3. The van der Waals surface area contributed by atoms with Crippen LogP contribution in [0.1, 0.15) is 24.3 Å². The average molecular weight is 584 g/mol. The summed E-state index contributed by atoms with van der Waals surface area (Å²) in [5.74, 6) is 1.65. The van der Waals surface area contributed by atoms with Crippen LogP contribution in [0.15, 0.2) is 71.9 Å². The number of thioether (sulfide) groups is 1. The Balaban J connectivity index is 1.52. The molecule has 0 saturated carbocycles. The number of anilines is 1. The Kier molecular flexibility index (Phi) is 6.73. The molecule has 0 spiro atoms. The van der Waals surface area contributed by atoms with Crippen LogP contribution >= 0.6 is 34.4 Å². The summed E-state index contributed by atoms with van der Waals surface area (Å²) in [6.45, 7) is 2.32. The molecule has 0 unspecified atom stereocenters. The molecule has 2 N–H and O–H groups in total. The second kappa shape index (κ2) is 10.1. The number of hydrogen-bond donors (Lipinski definition) is 2. The second-order valence-electron chi connectivity index (χ2n) is 7.49. The minimum Gasteiger partial charge on any atom is -0.504 e. The summed E-state index contributed by atoms with van der Waals surface area (Å²) in [5.41, 5.74) is 4.27. The van der Waals surface area contributed by atoms with E-state index in [2.05, 4.69) is 50.2 Å². The molecule has 2 heterocycles. The molecule has 7 nitrogen and oxygen atoms in total. The number of ether oxygens (including phenoxy) is 2. The summed E-state index contributed by atoms with van der Waals surface area (Å²) in [4.78, 5) is 4.71. The number of halogens is 1. The van der Waals surface area contributed by atoms with Crippen LogP contribution in [0.2, 0.25) is 0 Å². The lowest BCUT2D eigenvalue weighted by Crippen LogP contribution is -2.17. The first-order valence-electron chi connectivity index (χ1n) is 10.7. The summed E-state index contributed by atoms with van der Waals surface area (Å²) in [6.07, 6.45) is -0.570. The van der Waals surface area contributed by atoms with Gasteiger partial charge in [0.25, 0.3) is 0 Å². The van der Waals surface area contributed by atoms with E-state index < -0.39 is 6.23 Å². The van der Waals surface area contributed by atoms with Crippen molar-refractivity contribution in [2.45, 2.75) is 24.1 Å². The molecule has 0 bridgehead atoms. The minimum absolute atomic E-state index is 0.115. The summed E-state index contributed by atoms with van der Waals surface area (Å²) in [5, 5.41) is 23.2. The topological polar surface area (TPSA) is 89.4 Å². The van der Waals surface area contributed by atoms with Crippen LogP contribution in [-0.4, -0.2) is 26.9 Å². The molecule has 0 aliphatic carbocycles. The number of hydrogen-bond acceptors (Lipinski definition) is 8. The van der Waals surface area contributed by atoms with Gasteiger partial charge >= 0.3 is 0 Å². The van der Waals surface area contributed by atoms with E-state index in [1.807, 2.05) is 55.5 Å². The molecule has 1 aromatic heterocycles. The van der Waals surface area contributed by atoms with Gasteiger partial charge in [0.1, 0.15) is 0 Å². The summed E-state index contributed by atoms with van der Waals surface area (Å²) in [6, 6.07) is 21.6. The molecule has 0 saturated heterocycles. The molecule has 5 rings (SSSR count). The highest BCUT2D eigenvalue weighted by Crippen LogP contribution is 2.42. The molecular formula is C25H21IN4O3S. The van der Waals surface area contributed by atoms with Crippen LogP contribution in [0.5, 0.6) is 17.4 Å². The SMILES string of the molecule is CCOc1cc([C@H]2Nc3ccccc3-c3nnc(SCc4ccccc4)nc3O2)cc(I)c1O. The Labute approximate surface area is 215 Å². The zero-order valence-corrected chi connectivity index (χ0v) is 21.2. The van der Waals surface area contributed by atoms with Gasteiger partial charge in [0, 0.05) is 22.6 Å². The molecule has 9 heteroatoms. The largest absolute Gasteiger partial charge is 0.504 e. The van der Waals surface area contributed by atoms with Gasteiger partial charge < -0.3 is 19.9 Å². The van der Waals surface area contributed by atoms with Gasteiger partial charge in [0.15, 0.2) is 23.4 Å². The van der Waals surface area contributed by atoms with Crippen molar-refractivity contribution in [2.24, 2.45) is 0 Å². The predicted molar refractivity (Wildman–Crippen MR) is 140 cm³/mol. The molecule has 4 aromatic rings. The maximum Gasteiger partial charge on any atom is 0.247 e. The first-order chi connectivity index (χ1) is 16.6. The van der Waals surface area contributed by atoms with Gasteiger partial charge in [-0.2, -0.15) is 4.98 Å². The smallest absolute Gasteiger partial charge is 0.247 e. The van der Waals surface area contributed by atoms with Crippen LogP contribution in [0.25, 0.3) is 11.3 Å². The van der Waals surface area contributed by atoms with Crippen molar-refractivity contribution >= 4 is 40.0 Å². The lowest BCUT2D eigenvalue weighted by Gasteiger charge is -2.21. The van der Waals surface area contributed by atoms with Crippen LogP contribution in [0.3, 0.4) is 0 Å². The van der Waals surface area contributed by atoms with Gasteiger partial charge in [-0.05, 0) is 53.3 Å². The lowest BCUT2D eigenvalue weighted by molar-refractivity contribution is 0.224. The minimum atomic E-state index is -0.570. The van der Waals surface area contributed by atoms with E-state index in [4.69, 9.17) is 14.5 Å². The van der Waals surface area contributed by atoms with E-state index in [1.54, 1.807) is 6.07 Å². The first-order valence-corrected chi connectivity index (χ1v) is 12.8. The van der Waals surface area contributed by atoms with E-state index in [0.717, 1.165) is 22.6 Å². The molecule has 172 valence electrons. The van der Waals surface area contributed by atoms with E-state index >= 15 is 0 Å². The summed E-state index contributed by atoms with van der Waals surface area (Å²) >= 11 is 3.59. The third kappa shape index (κ3) is 4.76. The number of phenols is 1. The van der Waals surface area contributed by atoms with Crippen LogP contribution < -0.4 is 14.8 Å².